The van der Waals surface area contributed by atoms with E-state index < -0.39 is 0 Å². The fraction of sp³-hybridized carbons (Fsp3) is 0.909. The molecule has 3 N–H and O–H groups in total. The van der Waals surface area contributed by atoms with E-state index >= 15 is 0 Å². The van der Waals surface area contributed by atoms with Gasteiger partial charge in [0.15, 0.2) is 0 Å². The van der Waals surface area contributed by atoms with Crippen LogP contribution in [0, 0.1) is 11.3 Å². The molecule has 0 spiro atoms. The highest BCUT2D eigenvalue weighted by Gasteiger charge is 2.25. The van der Waals surface area contributed by atoms with Crippen LogP contribution in [0.1, 0.15) is 25.7 Å². The average molecular weight is 211 g/mol. The van der Waals surface area contributed by atoms with Gasteiger partial charge in [0.2, 0.25) is 0 Å². The molecule has 2 fully saturated rings. The summed E-state index contributed by atoms with van der Waals surface area (Å²) in [5.41, 5.74) is 5.47. The molecule has 4 nitrogen and oxygen atoms in total. The lowest BCUT2D eigenvalue weighted by atomic mass is 10.1. The number of nitrogens with one attached hydrogen (secondary N) is 1. The first-order valence-electron chi connectivity index (χ1n) is 5.93. The molecular formula is C11H21N3O. The Kier molecular flexibility index (Phi) is 3.59. The van der Waals surface area contributed by atoms with Gasteiger partial charge >= 0.3 is 0 Å². The fourth-order valence-corrected chi connectivity index (χ4v) is 2.61. The monoisotopic (exact) mass is 211 g/mol. The first-order valence-corrected chi connectivity index (χ1v) is 5.93. The Morgan fingerprint density at radius 2 is 2.13 bits per heavy atom. The van der Waals surface area contributed by atoms with Crippen LogP contribution in [0.25, 0.3) is 0 Å². The van der Waals surface area contributed by atoms with Crippen molar-refractivity contribution in [2.45, 2.75) is 31.8 Å². The van der Waals surface area contributed by atoms with E-state index in [1.165, 1.54) is 32.2 Å². The van der Waals surface area contributed by atoms with E-state index in [2.05, 4.69) is 4.90 Å². The van der Waals surface area contributed by atoms with Crippen molar-refractivity contribution in [3.05, 3.63) is 0 Å². The van der Waals surface area contributed by atoms with E-state index in [0.717, 1.165) is 25.6 Å². The van der Waals surface area contributed by atoms with Crippen molar-refractivity contribution >= 4 is 5.84 Å². The van der Waals surface area contributed by atoms with Crippen molar-refractivity contribution in [1.82, 2.24) is 4.90 Å². The number of nitrogens with two attached hydrogens (primary N) is 1. The topological polar surface area (TPSA) is 62.3 Å². The van der Waals surface area contributed by atoms with E-state index in [0.29, 0.717) is 0 Å². The second-order valence-electron chi connectivity index (χ2n) is 4.72. The minimum absolute atomic E-state index is 0.167. The van der Waals surface area contributed by atoms with Crippen LogP contribution in [-0.2, 0) is 4.74 Å². The molecule has 1 heterocycles. The zero-order chi connectivity index (χ0) is 10.7. The van der Waals surface area contributed by atoms with E-state index in [4.69, 9.17) is 15.9 Å². The molecule has 1 saturated heterocycles. The van der Waals surface area contributed by atoms with Crippen molar-refractivity contribution in [3.63, 3.8) is 0 Å². The van der Waals surface area contributed by atoms with Crippen LogP contribution in [0.3, 0.4) is 0 Å². The largest absolute Gasteiger partial charge is 0.385 e. The lowest BCUT2D eigenvalue weighted by Gasteiger charge is -2.33. The second-order valence-corrected chi connectivity index (χ2v) is 4.72. The summed E-state index contributed by atoms with van der Waals surface area (Å²) in [5, 5.41) is 7.39. The Morgan fingerprint density at radius 1 is 1.40 bits per heavy atom. The molecule has 0 aromatic carbocycles. The molecule has 86 valence electrons. The number of morpholine rings is 1. The molecule has 0 aromatic heterocycles. The molecule has 4 heteroatoms. The molecule has 1 aliphatic carbocycles. The minimum Gasteiger partial charge on any atom is -0.385 e. The molecular weight excluding hydrogens is 190 g/mol. The van der Waals surface area contributed by atoms with Crippen molar-refractivity contribution in [3.8, 4) is 0 Å². The summed E-state index contributed by atoms with van der Waals surface area (Å²) in [7, 11) is 0. The number of hydrogen-bond acceptors (Lipinski definition) is 3. The van der Waals surface area contributed by atoms with Gasteiger partial charge in [0.25, 0.3) is 0 Å². The lowest BCUT2D eigenvalue weighted by Crippen LogP contribution is -2.49. The molecule has 0 aromatic rings. The molecule has 0 amide bonds. The van der Waals surface area contributed by atoms with Crippen LogP contribution in [0.4, 0.5) is 0 Å². The number of rotatable bonds is 3. The molecule has 1 atom stereocenters. The highest BCUT2D eigenvalue weighted by molar-refractivity contribution is 5.82. The molecule has 2 aliphatic rings. The summed E-state index contributed by atoms with van der Waals surface area (Å²) in [6.45, 7) is 3.70. The van der Waals surface area contributed by atoms with Crippen LogP contribution in [0.5, 0.6) is 0 Å². The average Bonchev–Trinajstić information content (AvgIpc) is 2.71. The number of ether oxygens (including phenoxy) is 1. The molecule has 2 rings (SSSR count). The summed E-state index contributed by atoms with van der Waals surface area (Å²) in [6.07, 6.45) is 5.38. The van der Waals surface area contributed by atoms with Gasteiger partial charge in [-0.3, -0.25) is 10.3 Å². The first kappa shape index (κ1) is 10.9. The van der Waals surface area contributed by atoms with Gasteiger partial charge in [-0.1, -0.05) is 12.8 Å². The summed E-state index contributed by atoms with van der Waals surface area (Å²) in [4.78, 5) is 2.41. The lowest BCUT2D eigenvalue weighted by molar-refractivity contribution is 0.000228. The third-order valence-electron chi connectivity index (χ3n) is 3.49. The maximum Gasteiger partial charge on any atom is 0.127 e. The maximum absolute atomic E-state index is 7.39. The number of nitrogens with zero attached hydrogens (tertiary/aromatic N) is 1. The van der Waals surface area contributed by atoms with E-state index in [1.54, 1.807) is 0 Å². The Bertz CT molecular complexity index is 226. The van der Waals surface area contributed by atoms with Crippen LogP contribution < -0.4 is 5.73 Å². The van der Waals surface area contributed by atoms with Crippen molar-refractivity contribution in [1.29, 1.82) is 5.41 Å². The van der Waals surface area contributed by atoms with E-state index in [1.807, 2.05) is 0 Å². The molecule has 15 heavy (non-hydrogen) atoms. The van der Waals surface area contributed by atoms with Gasteiger partial charge in [0.05, 0.1) is 6.61 Å². The van der Waals surface area contributed by atoms with E-state index in [9.17, 15) is 0 Å². The van der Waals surface area contributed by atoms with Crippen LogP contribution in [0.2, 0.25) is 0 Å². The normalized spacial score (nSPS) is 29.5. The highest BCUT2D eigenvalue weighted by Crippen LogP contribution is 2.25. The quantitative estimate of drug-likeness (QED) is 0.536. The van der Waals surface area contributed by atoms with Gasteiger partial charge in [-0.2, -0.15) is 0 Å². The summed E-state index contributed by atoms with van der Waals surface area (Å²) < 4.78 is 5.44. The van der Waals surface area contributed by atoms with Crippen LogP contribution in [0.15, 0.2) is 0 Å². The molecule has 0 radical (unpaired) electrons. The Labute approximate surface area is 91.3 Å². The van der Waals surface area contributed by atoms with Gasteiger partial charge in [0.1, 0.15) is 11.9 Å². The molecule has 1 saturated carbocycles. The summed E-state index contributed by atoms with van der Waals surface area (Å²) >= 11 is 0. The molecule has 1 aliphatic heterocycles. The summed E-state index contributed by atoms with van der Waals surface area (Å²) in [5.74, 6) is 1.04. The van der Waals surface area contributed by atoms with Crippen molar-refractivity contribution in [2.24, 2.45) is 11.7 Å². The fourth-order valence-electron chi connectivity index (χ4n) is 2.61. The van der Waals surface area contributed by atoms with Gasteiger partial charge in [0, 0.05) is 19.6 Å². The Hall–Kier alpha value is -0.610. The van der Waals surface area contributed by atoms with Crippen LogP contribution >= 0.6 is 0 Å². The smallest absolute Gasteiger partial charge is 0.127 e. The van der Waals surface area contributed by atoms with Gasteiger partial charge in [-0.05, 0) is 18.8 Å². The first-order chi connectivity index (χ1) is 7.25. The SMILES string of the molecule is N=C(N)C1CN(CC2CCCC2)CCO1. The Morgan fingerprint density at radius 3 is 2.80 bits per heavy atom. The highest BCUT2D eigenvalue weighted by atomic mass is 16.5. The third-order valence-corrected chi connectivity index (χ3v) is 3.49. The van der Waals surface area contributed by atoms with Gasteiger partial charge in [-0.15, -0.1) is 0 Å². The predicted molar refractivity (Wildman–Crippen MR) is 60.1 cm³/mol. The third kappa shape index (κ3) is 2.92. The molecule has 0 bridgehead atoms. The van der Waals surface area contributed by atoms with Gasteiger partial charge < -0.3 is 10.5 Å². The van der Waals surface area contributed by atoms with Crippen molar-refractivity contribution < 1.29 is 4.74 Å². The predicted octanol–water partition coefficient (Wildman–Crippen LogP) is 0.813. The van der Waals surface area contributed by atoms with Crippen molar-refractivity contribution in [2.75, 3.05) is 26.2 Å². The standard InChI is InChI=1S/C11H21N3O/c12-11(13)10-8-14(5-6-15-10)7-9-3-1-2-4-9/h9-10H,1-8H2,(H3,12,13). The Balaban J connectivity index is 1.79. The second kappa shape index (κ2) is 4.94. The summed E-state index contributed by atoms with van der Waals surface area (Å²) in [6, 6.07) is 0. The number of amidine groups is 1. The van der Waals surface area contributed by atoms with Gasteiger partial charge in [-0.25, -0.2) is 0 Å². The zero-order valence-electron chi connectivity index (χ0n) is 9.24. The molecule has 1 unspecified atom stereocenters. The maximum atomic E-state index is 7.39. The van der Waals surface area contributed by atoms with Crippen LogP contribution in [-0.4, -0.2) is 43.1 Å². The minimum atomic E-state index is -0.167. The number of hydrogen-bond donors (Lipinski definition) is 2. The zero-order valence-corrected chi connectivity index (χ0v) is 9.24. The van der Waals surface area contributed by atoms with E-state index in [-0.39, 0.29) is 11.9 Å².